The van der Waals surface area contributed by atoms with Crippen molar-refractivity contribution in [2.24, 2.45) is 5.92 Å². The van der Waals surface area contributed by atoms with E-state index in [1.54, 1.807) is 6.92 Å². The van der Waals surface area contributed by atoms with Gasteiger partial charge >= 0.3 is 12.1 Å². The summed E-state index contributed by atoms with van der Waals surface area (Å²) < 4.78 is 42.6. The number of carbonyl (C=O) groups excluding carboxylic acids is 2. The van der Waals surface area contributed by atoms with Crippen LogP contribution < -0.4 is 0 Å². The smallest absolute Gasteiger partial charge is 0.435 e. The van der Waals surface area contributed by atoms with E-state index in [-0.39, 0.29) is 25.1 Å². The summed E-state index contributed by atoms with van der Waals surface area (Å²) in [5.74, 6) is -2.10. The Morgan fingerprint density at radius 1 is 1.53 bits per heavy atom. The molecule has 0 aromatic carbocycles. The van der Waals surface area contributed by atoms with Crippen molar-refractivity contribution in [2.45, 2.75) is 25.9 Å². The molecule has 0 saturated heterocycles. The zero-order valence-electron chi connectivity index (χ0n) is 10.0. The molecule has 5 nitrogen and oxygen atoms in total. The van der Waals surface area contributed by atoms with Crippen LogP contribution >= 0.6 is 0 Å². The Kier molecular flexibility index (Phi) is 3.34. The van der Waals surface area contributed by atoms with Gasteiger partial charge in [0, 0.05) is 18.0 Å². The number of Topliss-reactive ketones (excluding diaryl/α,β-unsaturated/α-hetero) is 1. The van der Waals surface area contributed by atoms with Crippen molar-refractivity contribution in [3.63, 3.8) is 0 Å². The predicted octanol–water partition coefficient (Wildman–Crippen LogP) is 1.74. The SMILES string of the molecule is CCOC(=O)CC1Cc2[nH]nc(C(F)(F)F)c2C1=O. The van der Waals surface area contributed by atoms with Gasteiger partial charge < -0.3 is 4.74 Å². The number of ketones is 1. The summed E-state index contributed by atoms with van der Waals surface area (Å²) in [5.41, 5.74) is -1.52. The molecule has 1 aromatic heterocycles. The van der Waals surface area contributed by atoms with Crippen molar-refractivity contribution in [2.75, 3.05) is 6.61 Å². The number of carbonyl (C=O) groups is 2. The average molecular weight is 276 g/mol. The van der Waals surface area contributed by atoms with Crippen LogP contribution in [0.5, 0.6) is 0 Å². The molecule has 104 valence electrons. The fraction of sp³-hybridized carbons (Fsp3) is 0.545. The van der Waals surface area contributed by atoms with E-state index >= 15 is 0 Å². The molecule has 0 amide bonds. The summed E-state index contributed by atoms with van der Waals surface area (Å²) in [6.45, 7) is 1.78. The number of fused-ring (bicyclic) bond motifs is 1. The molecule has 8 heteroatoms. The van der Waals surface area contributed by atoms with Gasteiger partial charge in [0.2, 0.25) is 0 Å². The lowest BCUT2D eigenvalue weighted by Gasteiger charge is -2.08. The van der Waals surface area contributed by atoms with Crippen LogP contribution in [0.25, 0.3) is 0 Å². The molecule has 0 bridgehead atoms. The maximum atomic E-state index is 12.6. The molecular weight excluding hydrogens is 265 g/mol. The minimum absolute atomic E-state index is 0.0516. The number of H-pyrrole nitrogens is 1. The molecule has 1 unspecified atom stereocenters. The minimum Gasteiger partial charge on any atom is -0.466 e. The first-order valence-electron chi connectivity index (χ1n) is 5.68. The molecule has 19 heavy (non-hydrogen) atoms. The number of aromatic nitrogens is 2. The molecule has 0 aliphatic heterocycles. The second-order valence-electron chi connectivity index (χ2n) is 4.20. The Hall–Kier alpha value is -1.86. The van der Waals surface area contributed by atoms with Crippen LogP contribution in [0.2, 0.25) is 0 Å². The third-order valence-electron chi connectivity index (χ3n) is 2.90. The summed E-state index contributed by atoms with van der Waals surface area (Å²) in [4.78, 5) is 23.2. The first kappa shape index (κ1) is 13.6. The van der Waals surface area contributed by atoms with Gasteiger partial charge in [0.1, 0.15) is 0 Å². The van der Waals surface area contributed by atoms with Gasteiger partial charge in [0.25, 0.3) is 0 Å². The highest BCUT2D eigenvalue weighted by Gasteiger charge is 2.45. The van der Waals surface area contributed by atoms with Crippen molar-refractivity contribution < 1.29 is 27.5 Å². The van der Waals surface area contributed by atoms with Crippen LogP contribution in [-0.4, -0.2) is 28.6 Å². The molecule has 1 heterocycles. The van der Waals surface area contributed by atoms with Crippen LogP contribution in [0.1, 0.15) is 35.1 Å². The molecule has 1 aromatic rings. The van der Waals surface area contributed by atoms with Crippen molar-refractivity contribution in [3.8, 4) is 0 Å². The Bertz CT molecular complexity index is 522. The summed E-state index contributed by atoms with van der Waals surface area (Å²) in [6.07, 6.45) is -4.85. The monoisotopic (exact) mass is 276 g/mol. The molecule has 1 aliphatic carbocycles. The second-order valence-corrected chi connectivity index (χ2v) is 4.20. The van der Waals surface area contributed by atoms with E-state index in [0.29, 0.717) is 0 Å². The number of aromatic amines is 1. The van der Waals surface area contributed by atoms with E-state index in [9.17, 15) is 22.8 Å². The molecular formula is C11H11F3N2O3. The third kappa shape index (κ3) is 2.47. The normalized spacial score (nSPS) is 18.5. The standard InChI is InChI=1S/C11H11F3N2O3/c1-2-19-7(17)4-5-3-6-8(9(5)18)10(16-15-6)11(12,13)14/h5H,2-4H2,1H3,(H,15,16). The van der Waals surface area contributed by atoms with Crippen LogP contribution in [0.15, 0.2) is 0 Å². The number of nitrogens with zero attached hydrogens (tertiary/aromatic N) is 1. The van der Waals surface area contributed by atoms with Gasteiger partial charge in [-0.15, -0.1) is 0 Å². The number of esters is 1. The maximum absolute atomic E-state index is 12.6. The molecule has 1 atom stereocenters. The predicted molar refractivity (Wildman–Crippen MR) is 56.4 cm³/mol. The molecule has 2 rings (SSSR count). The van der Waals surface area contributed by atoms with Crippen molar-refractivity contribution in [1.82, 2.24) is 10.2 Å². The molecule has 1 N–H and O–H groups in total. The topological polar surface area (TPSA) is 72.1 Å². The number of nitrogens with one attached hydrogen (secondary N) is 1. The number of ether oxygens (including phenoxy) is 1. The fourth-order valence-electron chi connectivity index (χ4n) is 2.13. The highest BCUT2D eigenvalue weighted by molar-refractivity contribution is 6.04. The van der Waals surface area contributed by atoms with Gasteiger partial charge in [-0.2, -0.15) is 18.3 Å². The Balaban J connectivity index is 2.19. The molecule has 0 radical (unpaired) electrons. The van der Waals surface area contributed by atoms with E-state index in [1.807, 2.05) is 0 Å². The zero-order chi connectivity index (χ0) is 14.2. The van der Waals surface area contributed by atoms with Gasteiger partial charge in [0.15, 0.2) is 11.5 Å². The number of hydrogen-bond acceptors (Lipinski definition) is 4. The molecule has 1 aliphatic rings. The number of alkyl halides is 3. The van der Waals surface area contributed by atoms with Gasteiger partial charge in [0.05, 0.1) is 18.6 Å². The van der Waals surface area contributed by atoms with Gasteiger partial charge in [-0.25, -0.2) is 0 Å². The van der Waals surface area contributed by atoms with Crippen LogP contribution in [0.3, 0.4) is 0 Å². The third-order valence-corrected chi connectivity index (χ3v) is 2.90. The van der Waals surface area contributed by atoms with Gasteiger partial charge in [-0.05, 0) is 6.92 Å². The fourth-order valence-corrected chi connectivity index (χ4v) is 2.13. The van der Waals surface area contributed by atoms with E-state index in [4.69, 9.17) is 0 Å². The number of hydrogen-bond donors (Lipinski definition) is 1. The average Bonchev–Trinajstić information content (AvgIpc) is 2.81. The lowest BCUT2D eigenvalue weighted by atomic mass is 10.0. The van der Waals surface area contributed by atoms with Crippen molar-refractivity contribution in [1.29, 1.82) is 0 Å². The maximum Gasteiger partial charge on any atom is 0.435 e. The lowest BCUT2D eigenvalue weighted by Crippen LogP contribution is -2.19. The number of rotatable bonds is 3. The largest absolute Gasteiger partial charge is 0.466 e. The highest BCUT2D eigenvalue weighted by atomic mass is 19.4. The van der Waals surface area contributed by atoms with Crippen molar-refractivity contribution in [3.05, 3.63) is 17.0 Å². The van der Waals surface area contributed by atoms with E-state index < -0.39 is 35.1 Å². The summed E-state index contributed by atoms with van der Waals surface area (Å²) >= 11 is 0. The van der Waals surface area contributed by atoms with Crippen LogP contribution in [0.4, 0.5) is 13.2 Å². The summed E-state index contributed by atoms with van der Waals surface area (Å²) in [7, 11) is 0. The van der Waals surface area contributed by atoms with E-state index in [1.165, 1.54) is 0 Å². The van der Waals surface area contributed by atoms with Crippen LogP contribution in [0, 0.1) is 5.92 Å². The lowest BCUT2D eigenvalue weighted by molar-refractivity contribution is -0.143. The van der Waals surface area contributed by atoms with Crippen LogP contribution in [-0.2, 0) is 22.1 Å². The Morgan fingerprint density at radius 2 is 2.21 bits per heavy atom. The summed E-state index contributed by atoms with van der Waals surface area (Å²) in [6, 6.07) is 0. The Labute approximate surface area is 106 Å². The van der Waals surface area contributed by atoms with E-state index in [2.05, 4.69) is 14.9 Å². The molecule has 0 fully saturated rings. The zero-order valence-corrected chi connectivity index (χ0v) is 10.0. The highest BCUT2D eigenvalue weighted by Crippen LogP contribution is 2.37. The minimum atomic E-state index is -4.68. The first-order valence-corrected chi connectivity index (χ1v) is 5.68. The summed E-state index contributed by atoms with van der Waals surface area (Å²) in [5, 5.41) is 5.34. The van der Waals surface area contributed by atoms with Gasteiger partial charge in [-0.1, -0.05) is 0 Å². The van der Waals surface area contributed by atoms with Crippen molar-refractivity contribution >= 4 is 11.8 Å². The molecule has 0 spiro atoms. The Morgan fingerprint density at radius 3 is 2.79 bits per heavy atom. The molecule has 0 saturated carbocycles. The second kappa shape index (κ2) is 4.67. The first-order chi connectivity index (χ1) is 8.84. The van der Waals surface area contributed by atoms with Gasteiger partial charge in [-0.3, -0.25) is 14.7 Å². The quantitative estimate of drug-likeness (QED) is 0.853. The number of halogens is 3. The van der Waals surface area contributed by atoms with E-state index in [0.717, 1.165) is 0 Å².